The largest absolute Gasteiger partial charge is 0.490 e. The van der Waals surface area contributed by atoms with Crippen LogP contribution >= 0.6 is 0 Å². The molecule has 6 heteroatoms. The maximum atomic E-state index is 12.2. The molecule has 0 spiro atoms. The second-order valence-electron chi connectivity index (χ2n) is 4.67. The van der Waals surface area contributed by atoms with E-state index in [0.29, 0.717) is 24.5 Å². The highest BCUT2D eigenvalue weighted by Gasteiger charge is 2.09. The second-order valence-corrected chi connectivity index (χ2v) is 4.67. The van der Waals surface area contributed by atoms with Crippen LogP contribution in [-0.4, -0.2) is 31.8 Å². The third-order valence-corrected chi connectivity index (χ3v) is 2.85. The van der Waals surface area contributed by atoms with E-state index in [1.54, 1.807) is 19.1 Å². The van der Waals surface area contributed by atoms with Gasteiger partial charge in [0.15, 0.2) is 11.5 Å². The number of alkyl halides is 1. The van der Waals surface area contributed by atoms with Gasteiger partial charge in [0.05, 0.1) is 12.7 Å². The Bertz CT molecular complexity index is 529. The fourth-order valence-corrected chi connectivity index (χ4v) is 1.85. The molecule has 0 aliphatic rings. The zero-order valence-corrected chi connectivity index (χ0v) is 12.9. The first kappa shape index (κ1) is 17.8. The number of nitrogens with one attached hydrogen (secondary N) is 1. The van der Waals surface area contributed by atoms with Crippen molar-refractivity contribution in [1.82, 2.24) is 5.32 Å². The summed E-state index contributed by atoms with van der Waals surface area (Å²) in [7, 11) is 0. The molecule has 120 valence electrons. The highest BCUT2D eigenvalue weighted by Crippen LogP contribution is 2.29. The summed E-state index contributed by atoms with van der Waals surface area (Å²) < 4.78 is 22.9. The van der Waals surface area contributed by atoms with Gasteiger partial charge in [0.2, 0.25) is 5.91 Å². The lowest BCUT2D eigenvalue weighted by Crippen LogP contribution is -2.31. The average molecular weight is 308 g/mol. The second kappa shape index (κ2) is 9.61. The highest BCUT2D eigenvalue weighted by atomic mass is 19.1. The van der Waals surface area contributed by atoms with Crippen molar-refractivity contribution >= 4 is 5.91 Å². The molecule has 1 aromatic rings. The summed E-state index contributed by atoms with van der Waals surface area (Å²) in [5.74, 6) is 0.856. The van der Waals surface area contributed by atoms with E-state index in [0.717, 1.165) is 5.56 Å². The van der Waals surface area contributed by atoms with E-state index in [1.807, 2.05) is 19.1 Å². The van der Waals surface area contributed by atoms with Gasteiger partial charge in [-0.1, -0.05) is 6.07 Å². The van der Waals surface area contributed by atoms with Gasteiger partial charge in [-0.15, -0.1) is 0 Å². The fourth-order valence-electron chi connectivity index (χ4n) is 1.85. The van der Waals surface area contributed by atoms with Crippen molar-refractivity contribution in [2.24, 2.45) is 0 Å². The topological polar surface area (TPSA) is 71.3 Å². The number of carbonyl (C=O) groups is 1. The lowest BCUT2D eigenvalue weighted by atomic mass is 10.1. The van der Waals surface area contributed by atoms with E-state index >= 15 is 0 Å². The van der Waals surface area contributed by atoms with Crippen molar-refractivity contribution in [3.8, 4) is 17.6 Å². The van der Waals surface area contributed by atoms with E-state index in [4.69, 9.17) is 14.7 Å². The molecule has 22 heavy (non-hydrogen) atoms. The van der Waals surface area contributed by atoms with Crippen LogP contribution in [0.4, 0.5) is 4.39 Å². The molecule has 0 saturated heterocycles. The Morgan fingerprint density at radius 2 is 2.18 bits per heavy atom. The molecule has 1 amide bonds. The van der Waals surface area contributed by atoms with Crippen LogP contribution in [0.5, 0.6) is 11.5 Å². The number of rotatable bonds is 9. The van der Waals surface area contributed by atoms with Crippen molar-refractivity contribution in [2.75, 3.05) is 19.9 Å². The quantitative estimate of drug-likeness (QED) is 0.760. The van der Waals surface area contributed by atoms with Crippen LogP contribution in [0.3, 0.4) is 0 Å². The molecule has 0 bridgehead atoms. The minimum Gasteiger partial charge on any atom is -0.490 e. The number of amides is 1. The van der Waals surface area contributed by atoms with Crippen molar-refractivity contribution in [1.29, 1.82) is 5.26 Å². The lowest BCUT2D eigenvalue weighted by molar-refractivity contribution is -0.121. The lowest BCUT2D eigenvalue weighted by Gasteiger charge is -2.13. The molecular formula is C16H21FN2O3. The number of benzene rings is 1. The van der Waals surface area contributed by atoms with Crippen LogP contribution in [0, 0.1) is 11.3 Å². The van der Waals surface area contributed by atoms with Gasteiger partial charge < -0.3 is 14.8 Å². The molecule has 1 unspecified atom stereocenters. The smallest absolute Gasteiger partial charge is 0.221 e. The molecule has 1 aromatic carbocycles. The minimum atomic E-state index is -0.565. The summed E-state index contributed by atoms with van der Waals surface area (Å²) in [5.41, 5.74) is 0.913. The molecule has 1 rings (SSSR count). The monoisotopic (exact) mass is 308 g/mol. The van der Waals surface area contributed by atoms with Gasteiger partial charge >= 0.3 is 0 Å². The Kier molecular flexibility index (Phi) is 7.76. The molecular weight excluding hydrogens is 287 g/mol. The van der Waals surface area contributed by atoms with Crippen LogP contribution in [-0.2, 0) is 11.2 Å². The third-order valence-electron chi connectivity index (χ3n) is 2.85. The molecule has 0 aliphatic carbocycles. The van der Waals surface area contributed by atoms with Crippen molar-refractivity contribution in [3.63, 3.8) is 0 Å². The molecule has 0 aliphatic heterocycles. The number of hydrogen-bond acceptors (Lipinski definition) is 4. The number of hydrogen-bond donors (Lipinski definition) is 1. The summed E-state index contributed by atoms with van der Waals surface area (Å²) in [4.78, 5) is 11.6. The van der Waals surface area contributed by atoms with E-state index in [1.165, 1.54) is 0 Å². The summed E-state index contributed by atoms with van der Waals surface area (Å²) in [5, 5.41) is 11.2. The van der Waals surface area contributed by atoms with Gasteiger partial charge in [-0.3, -0.25) is 4.79 Å². The predicted molar refractivity (Wildman–Crippen MR) is 80.6 cm³/mol. The van der Waals surface area contributed by atoms with Crippen molar-refractivity contribution < 1.29 is 18.7 Å². The van der Waals surface area contributed by atoms with Gasteiger partial charge in [0.25, 0.3) is 0 Å². The number of aryl methyl sites for hydroxylation is 1. The van der Waals surface area contributed by atoms with Crippen LogP contribution in [0.2, 0.25) is 0 Å². The third kappa shape index (κ3) is 6.00. The summed E-state index contributed by atoms with van der Waals surface area (Å²) in [6.45, 7) is 3.36. The van der Waals surface area contributed by atoms with E-state index in [-0.39, 0.29) is 18.9 Å². The summed E-state index contributed by atoms with van der Waals surface area (Å²) in [6, 6.07) is 6.77. The number of nitrogens with zero attached hydrogens (tertiary/aromatic N) is 1. The van der Waals surface area contributed by atoms with Crippen LogP contribution < -0.4 is 14.8 Å². The summed E-state index contributed by atoms with van der Waals surface area (Å²) >= 11 is 0. The molecule has 0 saturated carbocycles. The highest BCUT2D eigenvalue weighted by molar-refractivity contribution is 5.76. The zero-order chi connectivity index (χ0) is 16.4. The van der Waals surface area contributed by atoms with E-state index in [9.17, 15) is 9.18 Å². The zero-order valence-electron chi connectivity index (χ0n) is 12.9. The van der Waals surface area contributed by atoms with Crippen LogP contribution in [0.25, 0.3) is 0 Å². The van der Waals surface area contributed by atoms with Gasteiger partial charge in [-0.25, -0.2) is 4.39 Å². The van der Waals surface area contributed by atoms with Gasteiger partial charge in [0, 0.05) is 6.42 Å². The predicted octanol–water partition coefficient (Wildman–Crippen LogP) is 2.39. The molecule has 0 aromatic heterocycles. The number of nitriles is 1. The number of carbonyl (C=O) groups excluding carboxylic acids is 1. The Morgan fingerprint density at radius 1 is 1.41 bits per heavy atom. The van der Waals surface area contributed by atoms with Crippen molar-refractivity contribution in [3.05, 3.63) is 23.8 Å². The standard InChI is InChI=1S/C16H21FN2O3/c1-3-21-15-10-13(4-6-14(15)22-9-8-17)5-7-16(20)19-12(2)11-18/h4,6,10,12H,3,5,7-9H2,1-2H3,(H,19,20). The number of ether oxygens (including phenoxy) is 2. The molecule has 5 nitrogen and oxygen atoms in total. The average Bonchev–Trinajstić information content (AvgIpc) is 2.52. The first-order valence-corrected chi connectivity index (χ1v) is 7.24. The molecule has 0 radical (unpaired) electrons. The summed E-state index contributed by atoms with van der Waals surface area (Å²) in [6.07, 6.45) is 0.801. The van der Waals surface area contributed by atoms with Gasteiger partial charge in [-0.05, 0) is 38.0 Å². The molecule has 0 heterocycles. The Labute approximate surface area is 130 Å². The number of halogens is 1. The van der Waals surface area contributed by atoms with E-state index in [2.05, 4.69) is 5.32 Å². The van der Waals surface area contributed by atoms with Crippen LogP contribution in [0.1, 0.15) is 25.8 Å². The van der Waals surface area contributed by atoms with Gasteiger partial charge in [0.1, 0.15) is 19.3 Å². The van der Waals surface area contributed by atoms with Crippen LogP contribution in [0.15, 0.2) is 18.2 Å². The Hall–Kier alpha value is -2.29. The molecule has 0 fully saturated rings. The normalized spacial score (nSPS) is 11.4. The maximum absolute atomic E-state index is 12.2. The SMILES string of the molecule is CCOc1cc(CCC(=O)NC(C)C#N)ccc1OCCF. The fraction of sp³-hybridized carbons (Fsp3) is 0.500. The molecule has 1 atom stereocenters. The first-order valence-electron chi connectivity index (χ1n) is 7.24. The first-order chi connectivity index (χ1) is 10.6. The maximum Gasteiger partial charge on any atom is 0.221 e. The minimum absolute atomic E-state index is 0.0200. The van der Waals surface area contributed by atoms with Gasteiger partial charge in [-0.2, -0.15) is 5.26 Å². The molecule has 1 N–H and O–H groups in total. The Balaban J connectivity index is 2.65. The van der Waals surface area contributed by atoms with Crippen molar-refractivity contribution in [2.45, 2.75) is 32.7 Å². The van der Waals surface area contributed by atoms with E-state index < -0.39 is 12.7 Å². The Morgan fingerprint density at radius 3 is 2.82 bits per heavy atom.